The number of nitrogens with zero attached hydrogens (tertiary/aromatic N) is 5. The quantitative estimate of drug-likeness (QED) is 0.199. The molecule has 5 rings (SSSR count). The number of hydrogen-bond donors (Lipinski definition) is 3. The third-order valence-corrected chi connectivity index (χ3v) is 8.41. The molecule has 0 aliphatic heterocycles. The van der Waals surface area contributed by atoms with E-state index in [9.17, 15) is 27.6 Å². The van der Waals surface area contributed by atoms with Crippen LogP contribution in [0.15, 0.2) is 66.9 Å². The second-order valence-corrected chi connectivity index (χ2v) is 13.3. The van der Waals surface area contributed by atoms with Crippen LogP contribution in [0.5, 0.6) is 0 Å². The van der Waals surface area contributed by atoms with Gasteiger partial charge in [0.15, 0.2) is 5.69 Å². The van der Waals surface area contributed by atoms with Crippen LogP contribution in [0.2, 0.25) is 0 Å². The van der Waals surface area contributed by atoms with Crippen molar-refractivity contribution in [1.82, 2.24) is 30.9 Å². The minimum absolute atomic E-state index is 0.0338. The Balaban J connectivity index is 1.30. The van der Waals surface area contributed by atoms with Crippen LogP contribution in [-0.2, 0) is 26.9 Å². The van der Waals surface area contributed by atoms with Crippen LogP contribution in [0, 0.1) is 11.8 Å². The van der Waals surface area contributed by atoms with Crippen molar-refractivity contribution in [2.45, 2.75) is 70.7 Å². The summed E-state index contributed by atoms with van der Waals surface area (Å²) in [4.78, 5) is 44.8. The van der Waals surface area contributed by atoms with E-state index in [1.54, 1.807) is 57.2 Å². The zero-order valence-corrected chi connectivity index (χ0v) is 27.9. The molecule has 264 valence electrons. The maximum atomic E-state index is 14.1. The molecule has 2 aromatic carbocycles. The second kappa shape index (κ2) is 15.2. The predicted molar refractivity (Wildman–Crippen MR) is 178 cm³/mol. The zero-order valence-electron chi connectivity index (χ0n) is 27.9. The average molecular weight is 693 g/mol. The molecule has 12 nitrogen and oxygen atoms in total. The molecule has 50 heavy (non-hydrogen) atoms. The summed E-state index contributed by atoms with van der Waals surface area (Å²) in [5.74, 6) is -0.973. The van der Waals surface area contributed by atoms with Gasteiger partial charge in [-0.15, -0.1) is 10.2 Å². The molecule has 0 bridgehead atoms. The fourth-order valence-corrected chi connectivity index (χ4v) is 5.94. The van der Waals surface area contributed by atoms with E-state index in [0.29, 0.717) is 60.4 Å². The van der Waals surface area contributed by atoms with Crippen LogP contribution in [-0.4, -0.2) is 61.7 Å². The number of carbonyl (C=O) groups is 3. The van der Waals surface area contributed by atoms with E-state index in [-0.39, 0.29) is 23.8 Å². The number of aromatic amines is 1. The van der Waals surface area contributed by atoms with Gasteiger partial charge < -0.3 is 15.8 Å². The number of benzene rings is 2. The number of halogens is 3. The number of imide groups is 1. The van der Waals surface area contributed by atoms with Gasteiger partial charge in [-0.05, 0) is 105 Å². The van der Waals surface area contributed by atoms with Crippen molar-refractivity contribution < 1.29 is 32.3 Å². The van der Waals surface area contributed by atoms with Crippen LogP contribution in [0.25, 0.3) is 22.5 Å². The number of ether oxygens (including phenoxy) is 1. The van der Waals surface area contributed by atoms with Gasteiger partial charge in [-0.3, -0.25) is 14.6 Å². The van der Waals surface area contributed by atoms with Crippen LogP contribution in [0.1, 0.15) is 57.7 Å². The molecule has 4 N–H and O–H groups in total. The Morgan fingerprint density at radius 3 is 2.24 bits per heavy atom. The van der Waals surface area contributed by atoms with Gasteiger partial charge in [0.2, 0.25) is 11.7 Å². The molecule has 3 amide bonds. The first-order chi connectivity index (χ1) is 23.7. The fraction of sp³-hybridized carbons (Fsp3) is 0.400. The number of anilines is 1. The number of amides is 3. The Hall–Kier alpha value is -5.18. The van der Waals surface area contributed by atoms with E-state index < -0.39 is 41.4 Å². The normalized spacial score (nSPS) is 17.1. The molecular weight excluding hydrogens is 653 g/mol. The lowest BCUT2D eigenvalue weighted by molar-refractivity contribution is -0.140. The number of nitrogens with two attached hydrogens (primary N) is 1. The van der Waals surface area contributed by atoms with Crippen molar-refractivity contribution in [2.24, 2.45) is 17.6 Å². The van der Waals surface area contributed by atoms with E-state index in [2.05, 4.69) is 30.9 Å². The van der Waals surface area contributed by atoms with Gasteiger partial charge in [-0.1, -0.05) is 30.3 Å². The third kappa shape index (κ3) is 9.08. The summed E-state index contributed by atoms with van der Waals surface area (Å²) >= 11 is 0. The van der Waals surface area contributed by atoms with E-state index >= 15 is 0 Å². The second-order valence-electron chi connectivity index (χ2n) is 13.3. The average Bonchev–Trinajstić information content (AvgIpc) is 3.62. The molecule has 1 atom stereocenters. The molecule has 0 radical (unpaired) electrons. The number of alkyl halides is 3. The van der Waals surface area contributed by atoms with Gasteiger partial charge in [0.1, 0.15) is 5.60 Å². The lowest BCUT2D eigenvalue weighted by atomic mass is 9.81. The first-order valence-corrected chi connectivity index (χ1v) is 16.2. The number of tetrazole rings is 1. The number of nitrogens with one attached hydrogen (secondary N) is 2. The Kier molecular flexibility index (Phi) is 10.9. The summed E-state index contributed by atoms with van der Waals surface area (Å²) in [5, 5.41) is 16.7. The number of aromatic nitrogens is 5. The van der Waals surface area contributed by atoms with Crippen molar-refractivity contribution in [3.8, 4) is 22.5 Å². The molecule has 0 unspecified atom stereocenters. The van der Waals surface area contributed by atoms with Gasteiger partial charge >= 0.3 is 12.3 Å². The van der Waals surface area contributed by atoms with Gasteiger partial charge in [0.25, 0.3) is 5.91 Å². The predicted octanol–water partition coefficient (Wildman–Crippen LogP) is 5.71. The van der Waals surface area contributed by atoms with Crippen LogP contribution in [0.4, 0.5) is 23.7 Å². The minimum Gasteiger partial charge on any atom is -0.444 e. The minimum atomic E-state index is -4.62. The third-order valence-electron chi connectivity index (χ3n) is 8.41. The number of carbonyl (C=O) groups excluding carboxylic acids is 3. The molecule has 1 saturated carbocycles. The Bertz CT molecular complexity index is 1770. The van der Waals surface area contributed by atoms with Gasteiger partial charge in [-0.2, -0.15) is 18.4 Å². The van der Waals surface area contributed by atoms with E-state index in [0.717, 1.165) is 11.1 Å². The topological polar surface area (TPSA) is 169 Å². The van der Waals surface area contributed by atoms with Crippen LogP contribution in [0.3, 0.4) is 0 Å². The highest BCUT2D eigenvalue weighted by molar-refractivity contribution is 6.17. The highest BCUT2D eigenvalue weighted by Gasteiger charge is 2.37. The highest BCUT2D eigenvalue weighted by Crippen LogP contribution is 2.36. The monoisotopic (exact) mass is 692 g/mol. The van der Waals surface area contributed by atoms with Gasteiger partial charge in [-0.25, -0.2) is 9.69 Å². The molecular formula is C35H39F3N8O4. The smallest absolute Gasteiger partial charge is 0.433 e. The SMILES string of the molecule is CC(C)(C)OC(=O)NCC1CCC(C(=O)N(C(=O)[C@@H](N)Cc2ccc(-c3cccnc3C(F)(F)F)cc2)c2ccc(-c3nn[nH]n3)cc2)CC1. The molecule has 1 fully saturated rings. The standard InChI is InChI=1S/C35H39F3N8O4/c1-34(2,3)50-33(49)41-20-22-8-12-25(13-9-22)31(47)46(26-16-14-24(15-17-26)30-42-44-45-43-30)32(48)28(39)19-21-6-10-23(11-7-21)27-5-4-18-40-29(27)35(36,37)38/h4-7,10-11,14-18,22,25,28H,8-9,12-13,19-20,39H2,1-3H3,(H,41,49)(H,42,43,44,45)/t22?,25?,28-/m0/s1. The highest BCUT2D eigenvalue weighted by atomic mass is 19.4. The first kappa shape index (κ1) is 36.1. The molecule has 0 spiro atoms. The summed E-state index contributed by atoms with van der Waals surface area (Å²) in [5.41, 5.74) is 6.62. The molecule has 0 saturated heterocycles. The van der Waals surface area contributed by atoms with Crippen LogP contribution >= 0.6 is 0 Å². The van der Waals surface area contributed by atoms with Crippen LogP contribution < -0.4 is 16.0 Å². The largest absolute Gasteiger partial charge is 0.444 e. The number of hydrogen-bond acceptors (Lipinski definition) is 9. The van der Waals surface area contributed by atoms with Crippen molar-refractivity contribution >= 4 is 23.6 Å². The van der Waals surface area contributed by atoms with Crippen molar-refractivity contribution in [3.63, 3.8) is 0 Å². The Morgan fingerprint density at radius 1 is 0.980 bits per heavy atom. The van der Waals surface area contributed by atoms with Gasteiger partial charge in [0, 0.05) is 29.8 Å². The summed E-state index contributed by atoms with van der Waals surface area (Å²) < 4.78 is 45.9. The van der Waals surface area contributed by atoms with Crippen molar-refractivity contribution in [3.05, 3.63) is 78.1 Å². The first-order valence-electron chi connectivity index (χ1n) is 16.2. The maximum absolute atomic E-state index is 14.1. The molecule has 15 heteroatoms. The van der Waals surface area contributed by atoms with E-state index in [4.69, 9.17) is 10.5 Å². The lowest BCUT2D eigenvalue weighted by Gasteiger charge is -2.32. The zero-order chi connectivity index (χ0) is 36.1. The lowest BCUT2D eigenvalue weighted by Crippen LogP contribution is -2.50. The Morgan fingerprint density at radius 2 is 1.64 bits per heavy atom. The number of H-pyrrole nitrogens is 1. The van der Waals surface area contributed by atoms with Crippen molar-refractivity contribution in [2.75, 3.05) is 11.4 Å². The number of pyridine rings is 1. The number of alkyl carbamates (subject to hydrolysis) is 1. The van der Waals surface area contributed by atoms with E-state index in [1.165, 1.54) is 24.3 Å². The number of rotatable bonds is 9. The molecule has 2 heterocycles. The van der Waals surface area contributed by atoms with Gasteiger partial charge in [0.05, 0.1) is 11.7 Å². The summed E-state index contributed by atoms with van der Waals surface area (Å²) in [6, 6.07) is 14.5. The fourth-order valence-electron chi connectivity index (χ4n) is 5.94. The summed E-state index contributed by atoms with van der Waals surface area (Å²) in [6.45, 7) is 5.78. The maximum Gasteiger partial charge on any atom is 0.433 e. The molecule has 2 aromatic heterocycles. The van der Waals surface area contributed by atoms with Crippen molar-refractivity contribution in [1.29, 1.82) is 0 Å². The molecule has 4 aromatic rings. The summed E-state index contributed by atoms with van der Waals surface area (Å²) in [7, 11) is 0. The molecule has 1 aliphatic carbocycles. The Labute approximate surface area is 287 Å². The molecule has 1 aliphatic rings. The summed E-state index contributed by atoms with van der Waals surface area (Å²) in [6.07, 6.45) is -1.65. The van der Waals surface area contributed by atoms with E-state index in [1.807, 2.05) is 0 Å².